The predicted octanol–water partition coefficient (Wildman–Crippen LogP) is 3.86. The van der Waals surface area contributed by atoms with Crippen LogP contribution in [-0.4, -0.2) is 54.6 Å². The Labute approximate surface area is 186 Å². The van der Waals surface area contributed by atoms with Crippen molar-refractivity contribution in [2.45, 2.75) is 33.1 Å². The van der Waals surface area contributed by atoms with Crippen LogP contribution in [0.5, 0.6) is 0 Å². The van der Waals surface area contributed by atoms with Crippen LogP contribution in [0.15, 0.2) is 34.8 Å². The third-order valence-electron chi connectivity index (χ3n) is 5.71. The lowest BCUT2D eigenvalue weighted by atomic mass is 9.95. The standard InChI is InChI=1S/C23H30BrN3O3/c1-16-14-21(17(2)27(16)20-7-4-6-19(24)15-20)23(29)26-11-8-18(9-12-26)22(28)25-10-5-13-30-3/h4,6-7,14-15,18H,5,8-13H2,1-3H3,(H,25,28). The van der Waals surface area contributed by atoms with Crippen molar-refractivity contribution in [3.05, 3.63) is 51.8 Å². The number of hydrogen-bond acceptors (Lipinski definition) is 3. The molecular formula is C23H30BrN3O3. The minimum Gasteiger partial charge on any atom is -0.385 e. The normalized spacial score (nSPS) is 14.7. The molecule has 2 heterocycles. The molecule has 0 unspecified atom stereocenters. The van der Waals surface area contributed by atoms with Crippen molar-refractivity contribution in [3.8, 4) is 5.69 Å². The molecular weight excluding hydrogens is 446 g/mol. The monoisotopic (exact) mass is 475 g/mol. The number of likely N-dealkylation sites (tertiary alicyclic amines) is 1. The third-order valence-corrected chi connectivity index (χ3v) is 6.20. The lowest BCUT2D eigenvalue weighted by molar-refractivity contribution is -0.126. The van der Waals surface area contributed by atoms with E-state index in [0.29, 0.717) is 39.1 Å². The summed E-state index contributed by atoms with van der Waals surface area (Å²) in [5.74, 6) is 0.111. The molecule has 0 radical (unpaired) electrons. The Morgan fingerprint density at radius 1 is 1.20 bits per heavy atom. The molecule has 0 saturated carbocycles. The van der Waals surface area contributed by atoms with E-state index in [1.165, 1.54) is 0 Å². The summed E-state index contributed by atoms with van der Waals surface area (Å²) in [6.07, 6.45) is 2.21. The average Bonchev–Trinajstić information content (AvgIpc) is 3.04. The summed E-state index contributed by atoms with van der Waals surface area (Å²) < 4.78 is 8.12. The highest BCUT2D eigenvalue weighted by molar-refractivity contribution is 9.10. The highest BCUT2D eigenvalue weighted by Crippen LogP contribution is 2.26. The van der Waals surface area contributed by atoms with Gasteiger partial charge in [0.2, 0.25) is 5.91 Å². The molecule has 2 aromatic rings. The van der Waals surface area contributed by atoms with Gasteiger partial charge in [-0.2, -0.15) is 0 Å². The number of rotatable bonds is 7. The lowest BCUT2D eigenvalue weighted by Gasteiger charge is -2.31. The zero-order chi connectivity index (χ0) is 21.7. The van der Waals surface area contributed by atoms with Gasteiger partial charge >= 0.3 is 0 Å². The number of aromatic nitrogens is 1. The number of carbonyl (C=O) groups is 2. The number of hydrogen-bond donors (Lipinski definition) is 1. The molecule has 0 aliphatic carbocycles. The number of piperidine rings is 1. The lowest BCUT2D eigenvalue weighted by Crippen LogP contribution is -2.43. The van der Waals surface area contributed by atoms with E-state index in [4.69, 9.17) is 4.74 Å². The number of methoxy groups -OCH3 is 1. The van der Waals surface area contributed by atoms with E-state index in [0.717, 1.165) is 33.5 Å². The molecule has 1 aromatic carbocycles. The molecule has 1 aliphatic rings. The molecule has 1 fully saturated rings. The van der Waals surface area contributed by atoms with Crippen molar-refractivity contribution in [1.82, 2.24) is 14.8 Å². The molecule has 0 atom stereocenters. The highest BCUT2D eigenvalue weighted by atomic mass is 79.9. The van der Waals surface area contributed by atoms with E-state index in [1.807, 2.05) is 49.1 Å². The SMILES string of the molecule is COCCCNC(=O)C1CCN(C(=O)c2cc(C)n(-c3cccc(Br)c3)c2C)CC1. The number of halogens is 1. The molecule has 1 aromatic heterocycles. The smallest absolute Gasteiger partial charge is 0.255 e. The molecule has 3 rings (SSSR count). The summed E-state index contributed by atoms with van der Waals surface area (Å²) in [5.41, 5.74) is 3.73. The van der Waals surface area contributed by atoms with E-state index >= 15 is 0 Å². The summed E-state index contributed by atoms with van der Waals surface area (Å²) in [4.78, 5) is 27.4. The third kappa shape index (κ3) is 5.13. The topological polar surface area (TPSA) is 63.6 Å². The first-order valence-corrected chi connectivity index (χ1v) is 11.2. The number of aryl methyl sites for hydroxylation is 1. The Kier molecular flexibility index (Phi) is 7.72. The zero-order valence-corrected chi connectivity index (χ0v) is 19.5. The summed E-state index contributed by atoms with van der Waals surface area (Å²) in [6, 6.07) is 10.0. The van der Waals surface area contributed by atoms with Gasteiger partial charge < -0.3 is 19.5 Å². The first-order chi connectivity index (χ1) is 14.4. The Hall–Kier alpha value is -2.12. The van der Waals surface area contributed by atoms with Crippen LogP contribution in [0.4, 0.5) is 0 Å². The zero-order valence-electron chi connectivity index (χ0n) is 17.9. The molecule has 30 heavy (non-hydrogen) atoms. The Balaban J connectivity index is 1.63. The van der Waals surface area contributed by atoms with E-state index in [9.17, 15) is 9.59 Å². The Bertz CT molecular complexity index is 901. The van der Waals surface area contributed by atoms with Crippen LogP contribution in [0.1, 0.15) is 41.0 Å². The molecule has 1 N–H and O–H groups in total. The quantitative estimate of drug-likeness (QED) is 0.618. The van der Waals surface area contributed by atoms with Crippen molar-refractivity contribution in [2.75, 3.05) is 33.4 Å². The minimum absolute atomic E-state index is 0.0225. The molecule has 0 spiro atoms. The van der Waals surface area contributed by atoms with Crippen molar-refractivity contribution in [1.29, 1.82) is 0 Å². The van der Waals surface area contributed by atoms with E-state index in [-0.39, 0.29) is 17.7 Å². The fourth-order valence-corrected chi connectivity index (χ4v) is 4.47. The molecule has 6 nitrogen and oxygen atoms in total. The fraction of sp³-hybridized carbons (Fsp3) is 0.478. The van der Waals surface area contributed by atoms with Gasteiger partial charge in [-0.15, -0.1) is 0 Å². The van der Waals surface area contributed by atoms with Crippen LogP contribution in [0, 0.1) is 19.8 Å². The van der Waals surface area contributed by atoms with Gasteiger partial charge in [-0.3, -0.25) is 9.59 Å². The summed E-state index contributed by atoms with van der Waals surface area (Å²) >= 11 is 3.52. The fourth-order valence-electron chi connectivity index (χ4n) is 4.08. The van der Waals surface area contributed by atoms with Gasteiger partial charge in [-0.25, -0.2) is 0 Å². The largest absolute Gasteiger partial charge is 0.385 e. The Morgan fingerprint density at radius 3 is 2.60 bits per heavy atom. The van der Waals surface area contributed by atoms with Crippen LogP contribution < -0.4 is 5.32 Å². The maximum atomic E-state index is 13.2. The van der Waals surface area contributed by atoms with E-state index in [1.54, 1.807) is 7.11 Å². The maximum absolute atomic E-state index is 13.2. The van der Waals surface area contributed by atoms with Gasteiger partial charge in [0, 0.05) is 60.8 Å². The van der Waals surface area contributed by atoms with Crippen molar-refractivity contribution < 1.29 is 14.3 Å². The molecule has 2 amide bonds. The maximum Gasteiger partial charge on any atom is 0.255 e. The minimum atomic E-state index is -0.0225. The van der Waals surface area contributed by atoms with Gasteiger partial charge in [0.05, 0.1) is 5.56 Å². The number of carbonyl (C=O) groups excluding carboxylic acids is 2. The van der Waals surface area contributed by atoms with Gasteiger partial charge in [0.15, 0.2) is 0 Å². The van der Waals surface area contributed by atoms with Crippen LogP contribution in [0.3, 0.4) is 0 Å². The average molecular weight is 476 g/mol. The van der Waals surface area contributed by atoms with Crippen LogP contribution in [0.25, 0.3) is 5.69 Å². The molecule has 0 bridgehead atoms. The molecule has 162 valence electrons. The van der Waals surface area contributed by atoms with Crippen molar-refractivity contribution in [2.24, 2.45) is 5.92 Å². The summed E-state index contributed by atoms with van der Waals surface area (Å²) in [6.45, 7) is 6.50. The van der Waals surface area contributed by atoms with Gasteiger partial charge in [-0.1, -0.05) is 22.0 Å². The second-order valence-electron chi connectivity index (χ2n) is 7.80. The van der Waals surface area contributed by atoms with Crippen molar-refractivity contribution in [3.63, 3.8) is 0 Å². The second-order valence-corrected chi connectivity index (χ2v) is 8.72. The first kappa shape index (κ1) is 22.6. The highest BCUT2D eigenvalue weighted by Gasteiger charge is 2.29. The number of nitrogens with zero attached hydrogens (tertiary/aromatic N) is 2. The summed E-state index contributed by atoms with van der Waals surface area (Å²) in [7, 11) is 1.66. The van der Waals surface area contributed by atoms with Crippen LogP contribution in [-0.2, 0) is 9.53 Å². The first-order valence-electron chi connectivity index (χ1n) is 10.4. The second kappa shape index (κ2) is 10.3. The number of benzene rings is 1. The van der Waals surface area contributed by atoms with Crippen molar-refractivity contribution >= 4 is 27.7 Å². The Morgan fingerprint density at radius 2 is 1.93 bits per heavy atom. The summed E-state index contributed by atoms with van der Waals surface area (Å²) in [5, 5.41) is 2.98. The molecule has 7 heteroatoms. The molecule has 1 saturated heterocycles. The van der Waals surface area contributed by atoms with Gasteiger partial charge in [-0.05, 0) is 57.4 Å². The van der Waals surface area contributed by atoms with Crippen LogP contribution in [0.2, 0.25) is 0 Å². The van der Waals surface area contributed by atoms with E-state index in [2.05, 4.69) is 25.8 Å². The molecule has 1 aliphatic heterocycles. The predicted molar refractivity (Wildman–Crippen MR) is 121 cm³/mol. The van der Waals surface area contributed by atoms with Gasteiger partial charge in [0.25, 0.3) is 5.91 Å². The van der Waals surface area contributed by atoms with E-state index < -0.39 is 0 Å². The van der Waals surface area contributed by atoms with Gasteiger partial charge in [0.1, 0.15) is 0 Å². The van der Waals surface area contributed by atoms with Crippen LogP contribution >= 0.6 is 15.9 Å². The number of ether oxygens (including phenoxy) is 1. The number of nitrogens with one attached hydrogen (secondary N) is 1. The number of amides is 2.